The predicted octanol–water partition coefficient (Wildman–Crippen LogP) is 4.89. The first kappa shape index (κ1) is 17.3. The summed E-state index contributed by atoms with van der Waals surface area (Å²) < 4.78 is 27.5. The predicted molar refractivity (Wildman–Crippen MR) is 79.4 cm³/mol. The van der Waals surface area contributed by atoms with Gasteiger partial charge in [-0.15, -0.1) is 0 Å². The Balaban J connectivity index is 2.73. The van der Waals surface area contributed by atoms with Crippen LogP contribution >= 0.6 is 0 Å². The number of hydrogen-bond donors (Lipinski definition) is 1. The first-order valence-corrected chi connectivity index (χ1v) is 7.14. The molecule has 0 aromatic heterocycles. The maximum Gasteiger partial charge on any atom is 0.275 e. The van der Waals surface area contributed by atoms with Gasteiger partial charge in [0.1, 0.15) is 5.69 Å². The monoisotopic (exact) mass is 300 g/mol. The first-order chi connectivity index (χ1) is 9.76. The fraction of sp³-hybridized carbons (Fsp3) is 0.600. The second-order valence-corrected chi connectivity index (χ2v) is 6.02. The highest BCUT2D eigenvalue weighted by Crippen LogP contribution is 2.28. The second-order valence-electron chi connectivity index (χ2n) is 6.02. The highest BCUT2D eigenvalue weighted by atomic mass is 19.1. The van der Waals surface area contributed by atoms with Crippen molar-refractivity contribution in [1.82, 2.24) is 0 Å². The third kappa shape index (κ3) is 5.28. The molecule has 118 valence electrons. The molecule has 0 unspecified atom stereocenters. The van der Waals surface area contributed by atoms with Crippen LogP contribution in [0.2, 0.25) is 0 Å². The molecule has 0 bridgehead atoms. The third-order valence-corrected chi connectivity index (χ3v) is 3.44. The maximum atomic E-state index is 13.7. The molecule has 6 heteroatoms. The Labute approximate surface area is 123 Å². The number of nitrogens with zero attached hydrogens (tertiary/aromatic N) is 1. The number of halogens is 2. The van der Waals surface area contributed by atoms with Crippen molar-refractivity contribution < 1.29 is 13.7 Å². The average Bonchev–Trinajstić information content (AvgIpc) is 2.37. The molecule has 0 fully saturated rings. The smallest absolute Gasteiger partial charge is 0.275 e. The Kier molecular flexibility index (Phi) is 6.05. The minimum absolute atomic E-state index is 0.101. The molecule has 0 spiro atoms. The molecule has 0 amide bonds. The van der Waals surface area contributed by atoms with Crippen LogP contribution in [0.3, 0.4) is 0 Å². The Hall–Kier alpha value is -1.72. The van der Waals surface area contributed by atoms with Gasteiger partial charge in [-0.25, -0.2) is 8.78 Å². The molecule has 0 aliphatic heterocycles. The van der Waals surface area contributed by atoms with Gasteiger partial charge in [-0.2, -0.15) is 0 Å². The SMILES string of the molecule is CCCCCC(C)(C)CNc1c(F)cc([N+](=O)[O-])cc1F. The summed E-state index contributed by atoms with van der Waals surface area (Å²) in [4.78, 5) is 9.72. The van der Waals surface area contributed by atoms with E-state index in [-0.39, 0.29) is 11.1 Å². The van der Waals surface area contributed by atoms with Crippen LogP contribution in [0.5, 0.6) is 0 Å². The molecular formula is C15H22F2N2O2. The summed E-state index contributed by atoms with van der Waals surface area (Å²) in [5.74, 6) is -1.88. The van der Waals surface area contributed by atoms with Crippen molar-refractivity contribution in [3.8, 4) is 0 Å². The fourth-order valence-electron chi connectivity index (χ4n) is 2.10. The quantitative estimate of drug-likeness (QED) is 0.422. The van der Waals surface area contributed by atoms with E-state index in [0.717, 1.165) is 37.8 Å². The molecule has 0 aliphatic rings. The summed E-state index contributed by atoms with van der Waals surface area (Å²) >= 11 is 0. The van der Waals surface area contributed by atoms with E-state index in [9.17, 15) is 18.9 Å². The number of non-ortho nitro benzene ring substituents is 1. The van der Waals surface area contributed by atoms with Gasteiger partial charge in [-0.3, -0.25) is 10.1 Å². The van der Waals surface area contributed by atoms with Crippen molar-refractivity contribution >= 4 is 11.4 Å². The van der Waals surface area contributed by atoms with Crippen LogP contribution in [0.15, 0.2) is 12.1 Å². The number of unbranched alkanes of at least 4 members (excludes halogenated alkanes) is 2. The van der Waals surface area contributed by atoms with Crippen molar-refractivity contribution in [3.05, 3.63) is 33.9 Å². The Morgan fingerprint density at radius 1 is 1.24 bits per heavy atom. The van der Waals surface area contributed by atoms with Gasteiger partial charge in [0.25, 0.3) is 5.69 Å². The van der Waals surface area contributed by atoms with Crippen molar-refractivity contribution in [3.63, 3.8) is 0 Å². The zero-order valence-corrected chi connectivity index (χ0v) is 12.7. The van der Waals surface area contributed by atoms with E-state index >= 15 is 0 Å². The summed E-state index contributed by atoms with van der Waals surface area (Å²) in [6, 6.07) is 1.46. The lowest BCUT2D eigenvalue weighted by Gasteiger charge is -2.25. The number of nitro groups is 1. The van der Waals surface area contributed by atoms with E-state index in [4.69, 9.17) is 0 Å². The largest absolute Gasteiger partial charge is 0.380 e. The average molecular weight is 300 g/mol. The van der Waals surface area contributed by atoms with E-state index in [1.807, 2.05) is 13.8 Å². The number of benzene rings is 1. The molecule has 1 rings (SSSR count). The van der Waals surface area contributed by atoms with Gasteiger partial charge in [-0.05, 0) is 11.8 Å². The zero-order chi connectivity index (χ0) is 16.0. The maximum absolute atomic E-state index is 13.7. The Morgan fingerprint density at radius 3 is 2.29 bits per heavy atom. The molecule has 1 aromatic carbocycles. The van der Waals surface area contributed by atoms with E-state index in [0.29, 0.717) is 6.54 Å². The number of anilines is 1. The zero-order valence-electron chi connectivity index (χ0n) is 12.7. The molecule has 4 nitrogen and oxygen atoms in total. The summed E-state index contributed by atoms with van der Waals surface area (Å²) in [5, 5.41) is 13.3. The number of nitrogens with one attached hydrogen (secondary N) is 1. The molecule has 0 saturated carbocycles. The molecule has 0 saturated heterocycles. The highest BCUT2D eigenvalue weighted by Gasteiger charge is 2.21. The standard InChI is InChI=1S/C15H22F2N2O2/c1-4-5-6-7-15(2,3)10-18-14-12(16)8-11(19(20)21)9-13(14)17/h8-9,18H,4-7,10H2,1-3H3. The van der Waals surface area contributed by atoms with E-state index in [1.54, 1.807) is 0 Å². The summed E-state index contributed by atoms with van der Waals surface area (Å²) in [6.07, 6.45) is 4.26. The van der Waals surface area contributed by atoms with E-state index in [2.05, 4.69) is 12.2 Å². The Bertz CT molecular complexity index is 481. The van der Waals surface area contributed by atoms with Crippen LogP contribution in [0, 0.1) is 27.2 Å². The molecule has 1 N–H and O–H groups in total. The van der Waals surface area contributed by atoms with Crippen LogP contribution in [-0.2, 0) is 0 Å². The van der Waals surface area contributed by atoms with Gasteiger partial charge in [0.05, 0.1) is 17.1 Å². The van der Waals surface area contributed by atoms with Crippen LogP contribution in [0.25, 0.3) is 0 Å². The number of nitro benzene ring substituents is 1. The van der Waals surface area contributed by atoms with Gasteiger partial charge in [-0.1, -0.05) is 40.0 Å². The van der Waals surface area contributed by atoms with Gasteiger partial charge < -0.3 is 5.32 Å². The lowest BCUT2D eigenvalue weighted by atomic mass is 9.87. The van der Waals surface area contributed by atoms with Crippen molar-refractivity contribution in [2.24, 2.45) is 5.41 Å². The minimum atomic E-state index is -0.939. The normalized spacial score (nSPS) is 11.5. The lowest BCUT2D eigenvalue weighted by Crippen LogP contribution is -2.24. The fourth-order valence-corrected chi connectivity index (χ4v) is 2.10. The third-order valence-electron chi connectivity index (χ3n) is 3.44. The first-order valence-electron chi connectivity index (χ1n) is 7.14. The van der Waals surface area contributed by atoms with E-state index < -0.39 is 22.2 Å². The van der Waals surface area contributed by atoms with Crippen LogP contribution in [0.1, 0.15) is 46.5 Å². The molecule has 21 heavy (non-hydrogen) atoms. The second kappa shape index (κ2) is 7.33. The molecule has 0 atom stereocenters. The van der Waals surface area contributed by atoms with E-state index in [1.165, 1.54) is 0 Å². The number of rotatable bonds is 8. The molecule has 0 heterocycles. The van der Waals surface area contributed by atoms with Crippen molar-refractivity contribution in [1.29, 1.82) is 0 Å². The van der Waals surface area contributed by atoms with Crippen molar-refractivity contribution in [2.45, 2.75) is 46.5 Å². The van der Waals surface area contributed by atoms with Gasteiger partial charge in [0, 0.05) is 6.54 Å². The molecule has 0 radical (unpaired) electrons. The van der Waals surface area contributed by atoms with Gasteiger partial charge in [0.2, 0.25) is 0 Å². The minimum Gasteiger partial charge on any atom is -0.380 e. The Morgan fingerprint density at radius 2 is 1.81 bits per heavy atom. The lowest BCUT2D eigenvalue weighted by molar-refractivity contribution is -0.385. The summed E-state index contributed by atoms with van der Waals surface area (Å²) in [5.41, 5.74) is -0.988. The van der Waals surface area contributed by atoms with Crippen LogP contribution in [0.4, 0.5) is 20.2 Å². The molecule has 1 aromatic rings. The molecule has 0 aliphatic carbocycles. The topological polar surface area (TPSA) is 55.2 Å². The van der Waals surface area contributed by atoms with Crippen LogP contribution < -0.4 is 5.32 Å². The van der Waals surface area contributed by atoms with Crippen LogP contribution in [-0.4, -0.2) is 11.5 Å². The highest BCUT2D eigenvalue weighted by molar-refractivity contribution is 5.51. The van der Waals surface area contributed by atoms with Crippen molar-refractivity contribution in [2.75, 3.05) is 11.9 Å². The van der Waals surface area contributed by atoms with Gasteiger partial charge in [0.15, 0.2) is 11.6 Å². The summed E-state index contributed by atoms with van der Waals surface area (Å²) in [7, 11) is 0. The molecular weight excluding hydrogens is 278 g/mol. The number of hydrogen-bond acceptors (Lipinski definition) is 3. The summed E-state index contributed by atoms with van der Waals surface area (Å²) in [6.45, 7) is 6.57. The van der Waals surface area contributed by atoms with Gasteiger partial charge >= 0.3 is 0 Å².